The van der Waals surface area contributed by atoms with E-state index in [0.29, 0.717) is 5.92 Å². The number of rotatable bonds is 2. The van der Waals surface area contributed by atoms with Gasteiger partial charge in [-0.3, -0.25) is 0 Å². The molecular formula is C19H16Cl2Zr. The Hall–Kier alpha value is -0.617. The molecule has 3 heteroatoms. The van der Waals surface area contributed by atoms with Gasteiger partial charge < -0.3 is 24.8 Å². The number of allylic oxidation sites excluding steroid dienone is 4. The van der Waals surface area contributed by atoms with Crippen LogP contribution in [-0.2, 0) is 23.2 Å². The molecule has 2 aliphatic rings. The van der Waals surface area contributed by atoms with E-state index in [-0.39, 0.29) is 24.8 Å². The van der Waals surface area contributed by atoms with Gasteiger partial charge in [0.25, 0.3) is 0 Å². The summed E-state index contributed by atoms with van der Waals surface area (Å²) in [6, 6.07) is 15.9. The molecule has 1 atom stereocenters. The van der Waals surface area contributed by atoms with E-state index in [1.807, 2.05) is 0 Å². The Kier molecular flexibility index (Phi) is 5.89. The maximum Gasteiger partial charge on any atom is -1.00 e. The first-order valence-electron chi connectivity index (χ1n) is 7.19. The van der Waals surface area contributed by atoms with Crippen molar-refractivity contribution in [2.75, 3.05) is 0 Å². The molecule has 0 amide bonds. The summed E-state index contributed by atoms with van der Waals surface area (Å²) in [5, 5.41) is 0. The summed E-state index contributed by atoms with van der Waals surface area (Å²) in [4.78, 5) is 0. The van der Waals surface area contributed by atoms with E-state index in [4.69, 9.17) is 0 Å². The van der Waals surface area contributed by atoms with E-state index in [1.54, 1.807) is 12.1 Å². The Morgan fingerprint density at radius 2 is 1.73 bits per heavy atom. The molecule has 1 unspecified atom stereocenters. The summed E-state index contributed by atoms with van der Waals surface area (Å²) in [6.45, 7) is 2.37. The van der Waals surface area contributed by atoms with Gasteiger partial charge in [0.15, 0.2) is 0 Å². The fourth-order valence-corrected chi connectivity index (χ4v) is 6.83. The summed E-state index contributed by atoms with van der Waals surface area (Å²) in [7, 11) is 0. The minimum absolute atomic E-state index is 0. The predicted molar refractivity (Wildman–Crippen MR) is 80.9 cm³/mol. The molecule has 2 aromatic rings. The van der Waals surface area contributed by atoms with Crippen molar-refractivity contribution < 1.29 is 48.0 Å². The standard InChI is InChI=1S/C14H11.C5H5.2ClH.Zr/c1-10-11-6-2-4-8-13(11)14-9-5-3-7-12(10)14;1-2-4-5-3-1;;;/h2-6,8-10H,1H3;1-3H,4H2;2*1H;/q;;;;+2/p-2. The van der Waals surface area contributed by atoms with Crippen LogP contribution in [0.2, 0.25) is 0 Å². The van der Waals surface area contributed by atoms with Gasteiger partial charge in [0.05, 0.1) is 0 Å². The molecule has 22 heavy (non-hydrogen) atoms. The quantitative estimate of drug-likeness (QED) is 0.563. The van der Waals surface area contributed by atoms with E-state index >= 15 is 0 Å². The van der Waals surface area contributed by atoms with Gasteiger partial charge in [-0.15, -0.1) is 0 Å². The van der Waals surface area contributed by atoms with Crippen molar-refractivity contribution in [3.05, 3.63) is 75.1 Å². The zero-order chi connectivity index (χ0) is 13.5. The van der Waals surface area contributed by atoms with Gasteiger partial charge >= 0.3 is 132 Å². The summed E-state index contributed by atoms with van der Waals surface area (Å²) >= 11 is -0.617. The van der Waals surface area contributed by atoms with Crippen LogP contribution in [0.1, 0.15) is 30.4 Å². The molecule has 2 aromatic carbocycles. The second-order valence-corrected chi connectivity index (χ2v) is 9.04. The van der Waals surface area contributed by atoms with Gasteiger partial charge in [-0.05, 0) is 0 Å². The number of hydrogen-bond donors (Lipinski definition) is 0. The summed E-state index contributed by atoms with van der Waals surface area (Å²) in [5.74, 6) is 0.563. The maximum atomic E-state index is 2.38. The summed E-state index contributed by atoms with van der Waals surface area (Å²) in [5.41, 5.74) is 6.06. The molecule has 0 spiro atoms. The summed E-state index contributed by atoms with van der Waals surface area (Å²) < 4.78 is 3.37. The van der Waals surface area contributed by atoms with Crippen molar-refractivity contribution >= 4 is 3.27 Å². The zero-order valence-corrected chi connectivity index (χ0v) is 16.3. The first-order valence-corrected chi connectivity index (χ1v) is 9.65. The third kappa shape index (κ3) is 2.92. The zero-order valence-electron chi connectivity index (χ0n) is 12.3. The molecule has 0 aromatic heterocycles. The van der Waals surface area contributed by atoms with Crippen LogP contribution < -0.4 is 28.1 Å². The molecule has 4 rings (SSSR count). The Bertz CT molecular complexity index is 747. The smallest absolute Gasteiger partial charge is 1.00 e. The first-order chi connectivity index (χ1) is 9.84. The van der Waals surface area contributed by atoms with Crippen LogP contribution in [0.25, 0.3) is 11.1 Å². The van der Waals surface area contributed by atoms with Crippen molar-refractivity contribution in [2.24, 2.45) is 0 Å². The van der Waals surface area contributed by atoms with Crippen molar-refractivity contribution in [1.82, 2.24) is 0 Å². The molecular weight excluding hydrogens is 390 g/mol. The maximum absolute atomic E-state index is 2.38. The monoisotopic (exact) mass is 404 g/mol. The Morgan fingerprint density at radius 1 is 0.955 bits per heavy atom. The van der Waals surface area contributed by atoms with Crippen LogP contribution in [0.5, 0.6) is 0 Å². The van der Waals surface area contributed by atoms with E-state index in [9.17, 15) is 0 Å². The number of hydrogen-bond acceptors (Lipinski definition) is 0. The molecule has 2 aliphatic carbocycles. The number of benzene rings is 2. The van der Waals surface area contributed by atoms with E-state index < -0.39 is 23.2 Å². The predicted octanol–water partition coefficient (Wildman–Crippen LogP) is -1.62. The van der Waals surface area contributed by atoms with E-state index in [2.05, 4.69) is 67.6 Å². The van der Waals surface area contributed by atoms with Crippen LogP contribution in [-0.4, -0.2) is 0 Å². The average molecular weight is 406 g/mol. The van der Waals surface area contributed by atoms with Gasteiger partial charge in [0.1, 0.15) is 0 Å². The Morgan fingerprint density at radius 3 is 2.50 bits per heavy atom. The van der Waals surface area contributed by atoms with Gasteiger partial charge in [-0.25, -0.2) is 0 Å². The number of halogens is 2. The van der Waals surface area contributed by atoms with Crippen LogP contribution >= 0.6 is 0 Å². The SMILES string of the molecule is CC1c2ccccc2-c2ccc[c]([Zr+2][C]3=CC=CC3)c21.[Cl-].[Cl-]. The summed E-state index contributed by atoms with van der Waals surface area (Å²) in [6.07, 6.45) is 8.05. The van der Waals surface area contributed by atoms with Crippen molar-refractivity contribution in [2.45, 2.75) is 19.3 Å². The first kappa shape index (κ1) is 17.7. The van der Waals surface area contributed by atoms with Crippen molar-refractivity contribution in [1.29, 1.82) is 0 Å². The van der Waals surface area contributed by atoms with E-state index in [0.717, 1.165) is 0 Å². The molecule has 0 radical (unpaired) electrons. The van der Waals surface area contributed by atoms with Crippen LogP contribution in [0.15, 0.2) is 64.0 Å². The third-order valence-corrected chi connectivity index (χ3v) is 7.76. The molecule has 0 aliphatic heterocycles. The van der Waals surface area contributed by atoms with Gasteiger partial charge in [-0.2, -0.15) is 0 Å². The van der Waals surface area contributed by atoms with Gasteiger partial charge in [-0.1, -0.05) is 0 Å². The average Bonchev–Trinajstić information content (AvgIpc) is 3.08. The van der Waals surface area contributed by atoms with Crippen LogP contribution in [0.3, 0.4) is 0 Å². The minimum atomic E-state index is -0.617. The molecule has 0 bridgehead atoms. The second kappa shape index (κ2) is 7.30. The van der Waals surface area contributed by atoms with E-state index in [1.165, 1.54) is 23.1 Å². The van der Waals surface area contributed by atoms with Crippen LogP contribution in [0, 0.1) is 0 Å². The second-order valence-electron chi connectivity index (χ2n) is 5.52. The normalized spacial score (nSPS) is 16.8. The molecule has 0 heterocycles. The third-order valence-electron chi connectivity index (χ3n) is 4.32. The number of fused-ring (bicyclic) bond motifs is 3. The van der Waals surface area contributed by atoms with Crippen molar-refractivity contribution in [3.63, 3.8) is 0 Å². The fourth-order valence-electron chi connectivity index (χ4n) is 3.36. The molecule has 0 fully saturated rings. The van der Waals surface area contributed by atoms with Gasteiger partial charge in [0, 0.05) is 0 Å². The Balaban J connectivity index is 0.000000882. The van der Waals surface area contributed by atoms with Crippen molar-refractivity contribution in [3.8, 4) is 11.1 Å². The van der Waals surface area contributed by atoms with Crippen LogP contribution in [0.4, 0.5) is 0 Å². The molecule has 0 N–H and O–H groups in total. The molecule has 110 valence electrons. The Labute approximate surface area is 156 Å². The molecule has 0 nitrogen and oxygen atoms in total. The largest absolute Gasteiger partial charge is 1.00 e. The molecule has 0 saturated carbocycles. The minimum Gasteiger partial charge on any atom is -1.00 e. The fraction of sp³-hybridized carbons (Fsp3) is 0.158. The topological polar surface area (TPSA) is 0 Å². The molecule has 0 saturated heterocycles. The van der Waals surface area contributed by atoms with Gasteiger partial charge in [0.2, 0.25) is 0 Å².